The lowest BCUT2D eigenvalue weighted by Gasteiger charge is -2.11. The minimum atomic E-state index is -0.495. The van der Waals surface area contributed by atoms with Crippen molar-refractivity contribution < 1.29 is 19.1 Å². The van der Waals surface area contributed by atoms with Crippen LogP contribution in [0.15, 0.2) is 53.6 Å². The number of carbonyl (C=O) groups excluding carboxylic acids is 2. The molecule has 0 saturated carbocycles. The number of carbonyl (C=O) groups is 2. The highest BCUT2D eigenvalue weighted by molar-refractivity contribution is 5.91. The highest BCUT2D eigenvalue weighted by Gasteiger charge is 2.09. The monoisotopic (exact) mass is 366 g/mol. The van der Waals surface area contributed by atoms with Gasteiger partial charge < -0.3 is 14.8 Å². The summed E-state index contributed by atoms with van der Waals surface area (Å²) in [7, 11) is 1.47. The molecule has 2 rings (SSSR count). The van der Waals surface area contributed by atoms with Gasteiger partial charge in [0, 0.05) is 5.69 Å². The lowest BCUT2D eigenvalue weighted by atomic mass is 10.2. The summed E-state index contributed by atoms with van der Waals surface area (Å²) in [6.45, 7) is -0.178. The number of methoxy groups -OCH3 is 1. The van der Waals surface area contributed by atoms with E-state index in [9.17, 15) is 9.59 Å². The molecule has 0 atom stereocenters. The molecule has 2 aromatic carbocycles. The van der Waals surface area contributed by atoms with E-state index in [1.54, 1.807) is 36.4 Å². The number of rotatable bonds is 8. The van der Waals surface area contributed by atoms with Gasteiger partial charge in [-0.15, -0.1) is 0 Å². The third kappa shape index (κ3) is 6.51. The van der Waals surface area contributed by atoms with Crippen LogP contribution in [0.2, 0.25) is 0 Å². The van der Waals surface area contributed by atoms with Gasteiger partial charge in [0.15, 0.2) is 18.1 Å². The van der Waals surface area contributed by atoms with Gasteiger partial charge in [0.2, 0.25) is 0 Å². The van der Waals surface area contributed by atoms with Crippen LogP contribution in [0.3, 0.4) is 0 Å². The average molecular weight is 366 g/mol. The Morgan fingerprint density at radius 2 is 1.93 bits per heavy atom. The molecule has 0 bridgehead atoms. The van der Waals surface area contributed by atoms with Crippen LogP contribution in [-0.2, 0) is 9.59 Å². The summed E-state index contributed by atoms with van der Waals surface area (Å²) >= 11 is 0. The van der Waals surface area contributed by atoms with E-state index in [0.29, 0.717) is 22.7 Å². The molecule has 0 aliphatic carbocycles. The number of hydrogen-bond donors (Lipinski definition) is 2. The summed E-state index contributed by atoms with van der Waals surface area (Å²) in [5, 5.41) is 14.9. The quantitative estimate of drug-likeness (QED) is 0.548. The first kappa shape index (κ1) is 19.5. The Morgan fingerprint density at radius 1 is 1.15 bits per heavy atom. The molecule has 0 unspecified atom stereocenters. The predicted octanol–water partition coefficient (Wildman–Crippen LogP) is 2.08. The topological polar surface area (TPSA) is 113 Å². The smallest absolute Gasteiger partial charge is 0.262 e. The molecule has 8 nitrogen and oxygen atoms in total. The molecule has 2 N–H and O–H groups in total. The molecule has 138 valence electrons. The first-order valence-corrected chi connectivity index (χ1v) is 7.97. The summed E-state index contributed by atoms with van der Waals surface area (Å²) in [5.41, 5.74) is 3.56. The van der Waals surface area contributed by atoms with E-state index >= 15 is 0 Å². The number of hydrogen-bond acceptors (Lipinski definition) is 6. The van der Waals surface area contributed by atoms with Crippen molar-refractivity contribution >= 4 is 23.7 Å². The van der Waals surface area contributed by atoms with Crippen LogP contribution in [0.25, 0.3) is 0 Å². The summed E-state index contributed by atoms with van der Waals surface area (Å²) in [6.07, 6.45) is 1.14. The van der Waals surface area contributed by atoms with E-state index in [1.165, 1.54) is 13.3 Å². The molecule has 0 saturated heterocycles. The lowest BCUT2D eigenvalue weighted by Crippen LogP contribution is -2.20. The van der Waals surface area contributed by atoms with Crippen LogP contribution < -0.4 is 20.2 Å². The number of hydrazone groups is 1. The summed E-state index contributed by atoms with van der Waals surface area (Å²) in [4.78, 5) is 23.1. The van der Waals surface area contributed by atoms with Gasteiger partial charge in [0.1, 0.15) is 6.42 Å². The van der Waals surface area contributed by atoms with E-state index in [-0.39, 0.29) is 18.9 Å². The van der Waals surface area contributed by atoms with Crippen LogP contribution in [-0.4, -0.2) is 31.7 Å². The molecule has 2 aromatic rings. The Hall–Kier alpha value is -3.86. The second-order valence-electron chi connectivity index (χ2n) is 5.24. The van der Waals surface area contributed by atoms with Gasteiger partial charge in [-0.25, -0.2) is 5.43 Å². The van der Waals surface area contributed by atoms with Crippen LogP contribution in [0.5, 0.6) is 11.5 Å². The zero-order valence-corrected chi connectivity index (χ0v) is 14.6. The Labute approximate surface area is 156 Å². The highest BCUT2D eigenvalue weighted by Crippen LogP contribution is 2.27. The Morgan fingerprint density at radius 3 is 2.63 bits per heavy atom. The standard InChI is InChI=1S/C19H18N4O4/c1-26-17-11-14(12-21-23-18(24)9-10-20)7-8-16(17)27-13-19(25)22-15-5-3-2-4-6-15/h2-8,11-12H,9,13H2,1H3,(H,22,25)(H,23,24)/b21-12+. The van der Waals surface area contributed by atoms with Crippen molar-refractivity contribution in [1.82, 2.24) is 5.43 Å². The number of nitriles is 1. The maximum atomic E-state index is 11.9. The predicted molar refractivity (Wildman–Crippen MR) is 99.5 cm³/mol. The molecule has 2 amide bonds. The number of nitrogens with one attached hydrogen (secondary N) is 2. The van der Waals surface area contributed by atoms with Crippen molar-refractivity contribution in [3.63, 3.8) is 0 Å². The van der Waals surface area contributed by atoms with Crippen molar-refractivity contribution in [1.29, 1.82) is 5.26 Å². The van der Waals surface area contributed by atoms with Gasteiger partial charge in [0.05, 0.1) is 19.4 Å². The Balaban J connectivity index is 1.93. The van der Waals surface area contributed by atoms with Crippen molar-refractivity contribution in [2.45, 2.75) is 6.42 Å². The number of ether oxygens (including phenoxy) is 2. The van der Waals surface area contributed by atoms with Crippen molar-refractivity contribution in [2.75, 3.05) is 19.0 Å². The minimum absolute atomic E-state index is 0.178. The van der Waals surface area contributed by atoms with Crippen LogP contribution >= 0.6 is 0 Å². The van der Waals surface area contributed by atoms with Gasteiger partial charge >= 0.3 is 0 Å². The second kappa shape index (κ2) is 10.2. The Bertz CT molecular complexity index is 860. The maximum absolute atomic E-state index is 11.9. The zero-order chi connectivity index (χ0) is 19.5. The molecule has 0 radical (unpaired) electrons. The highest BCUT2D eigenvalue weighted by atomic mass is 16.5. The molecule has 0 aliphatic rings. The van der Waals surface area contributed by atoms with Crippen LogP contribution in [0.1, 0.15) is 12.0 Å². The maximum Gasteiger partial charge on any atom is 0.262 e. The van der Waals surface area contributed by atoms with Gasteiger partial charge in [-0.2, -0.15) is 10.4 Å². The van der Waals surface area contributed by atoms with E-state index in [1.807, 2.05) is 18.2 Å². The number of amides is 2. The van der Waals surface area contributed by atoms with Crippen molar-refractivity contribution in [3.8, 4) is 17.6 Å². The number of anilines is 1. The fourth-order valence-corrected chi connectivity index (χ4v) is 2.04. The number of benzene rings is 2. The van der Waals surface area contributed by atoms with Crippen molar-refractivity contribution in [3.05, 3.63) is 54.1 Å². The second-order valence-corrected chi connectivity index (χ2v) is 5.24. The van der Waals surface area contributed by atoms with Gasteiger partial charge in [-0.1, -0.05) is 18.2 Å². The zero-order valence-electron chi connectivity index (χ0n) is 14.6. The van der Waals surface area contributed by atoms with Gasteiger partial charge in [-0.05, 0) is 35.9 Å². The molecule has 0 aromatic heterocycles. The van der Waals surface area contributed by atoms with Gasteiger partial charge in [0.25, 0.3) is 11.8 Å². The summed E-state index contributed by atoms with van der Waals surface area (Å²) < 4.78 is 10.8. The number of para-hydroxylation sites is 1. The average Bonchev–Trinajstić information content (AvgIpc) is 2.67. The van der Waals surface area contributed by atoms with E-state index in [4.69, 9.17) is 14.7 Å². The van der Waals surface area contributed by atoms with E-state index in [0.717, 1.165) is 0 Å². The summed E-state index contributed by atoms with van der Waals surface area (Å²) in [5.74, 6) is 0.0142. The molecule has 27 heavy (non-hydrogen) atoms. The van der Waals surface area contributed by atoms with Crippen LogP contribution in [0.4, 0.5) is 5.69 Å². The third-order valence-electron chi connectivity index (χ3n) is 3.25. The SMILES string of the molecule is COc1cc(/C=N/NC(=O)CC#N)ccc1OCC(=O)Nc1ccccc1. The summed E-state index contributed by atoms with van der Waals surface area (Å²) in [6, 6.07) is 15.7. The first-order chi connectivity index (χ1) is 13.1. The minimum Gasteiger partial charge on any atom is -0.493 e. The number of nitrogens with zero attached hydrogens (tertiary/aromatic N) is 2. The van der Waals surface area contributed by atoms with Crippen molar-refractivity contribution in [2.24, 2.45) is 5.10 Å². The van der Waals surface area contributed by atoms with E-state index < -0.39 is 5.91 Å². The van der Waals surface area contributed by atoms with E-state index in [2.05, 4.69) is 15.8 Å². The molecule has 0 heterocycles. The van der Waals surface area contributed by atoms with Gasteiger partial charge in [-0.3, -0.25) is 9.59 Å². The molecule has 0 spiro atoms. The first-order valence-electron chi connectivity index (χ1n) is 7.97. The molecular weight excluding hydrogens is 348 g/mol. The molecule has 0 fully saturated rings. The molecular formula is C19H18N4O4. The Kier molecular flexibility index (Phi) is 7.36. The normalized spacial score (nSPS) is 10.1. The lowest BCUT2D eigenvalue weighted by molar-refractivity contribution is -0.120. The largest absolute Gasteiger partial charge is 0.493 e. The fraction of sp³-hybridized carbons (Fsp3) is 0.158. The van der Waals surface area contributed by atoms with Crippen LogP contribution in [0, 0.1) is 11.3 Å². The fourth-order valence-electron chi connectivity index (χ4n) is 2.04. The third-order valence-corrected chi connectivity index (χ3v) is 3.25. The molecule has 0 aliphatic heterocycles. The molecule has 8 heteroatoms.